The van der Waals surface area contributed by atoms with Gasteiger partial charge in [-0.25, -0.2) is 9.48 Å². The molecule has 1 spiro atoms. The van der Waals surface area contributed by atoms with Crippen LogP contribution in [0, 0.1) is 0 Å². The lowest BCUT2D eigenvalue weighted by molar-refractivity contribution is -0.132. The molecule has 0 aromatic carbocycles. The minimum Gasteiger partial charge on any atom is -0.381 e. The third-order valence-electron chi connectivity index (χ3n) is 5.65. The van der Waals surface area contributed by atoms with E-state index in [0.29, 0.717) is 19.1 Å². The van der Waals surface area contributed by atoms with Crippen LogP contribution < -0.4 is 5.32 Å². The van der Waals surface area contributed by atoms with Crippen molar-refractivity contribution in [2.75, 3.05) is 31.6 Å². The highest BCUT2D eigenvalue weighted by atomic mass is 16.5. The SMILES string of the molecule is CC1CN(C(=O)Nc2ccnn2C2CCOCC2)CC2(CCCC2)O1. The maximum Gasteiger partial charge on any atom is 0.323 e. The van der Waals surface area contributed by atoms with Gasteiger partial charge >= 0.3 is 6.03 Å². The number of amides is 2. The van der Waals surface area contributed by atoms with Crippen molar-refractivity contribution in [3.63, 3.8) is 0 Å². The zero-order valence-corrected chi connectivity index (χ0v) is 14.9. The standard InChI is InChI=1S/C18H28N4O3/c1-14-12-21(13-18(25-14)7-2-3-8-18)17(23)20-16-4-9-19-22(16)15-5-10-24-11-6-15/h4,9,14-15H,2-3,5-8,10-13H2,1H3,(H,20,23). The Labute approximate surface area is 148 Å². The maximum atomic E-state index is 12.9. The largest absolute Gasteiger partial charge is 0.381 e. The minimum atomic E-state index is -0.129. The lowest BCUT2D eigenvalue weighted by Gasteiger charge is -2.43. The number of carbonyl (C=O) groups excluding carboxylic acids is 1. The van der Waals surface area contributed by atoms with E-state index in [2.05, 4.69) is 17.3 Å². The van der Waals surface area contributed by atoms with Gasteiger partial charge in [0.15, 0.2) is 0 Å². The van der Waals surface area contributed by atoms with E-state index in [9.17, 15) is 4.79 Å². The van der Waals surface area contributed by atoms with Crippen LogP contribution in [-0.4, -0.2) is 58.7 Å². The number of anilines is 1. The van der Waals surface area contributed by atoms with Crippen LogP contribution in [0.2, 0.25) is 0 Å². The molecule has 1 aromatic rings. The second kappa shape index (κ2) is 6.96. The predicted molar refractivity (Wildman–Crippen MR) is 93.7 cm³/mol. The smallest absolute Gasteiger partial charge is 0.323 e. The number of urea groups is 1. The number of aromatic nitrogens is 2. The van der Waals surface area contributed by atoms with E-state index in [1.807, 2.05) is 15.6 Å². The van der Waals surface area contributed by atoms with Crippen LogP contribution in [0.5, 0.6) is 0 Å². The van der Waals surface area contributed by atoms with E-state index in [1.54, 1.807) is 6.20 Å². The fourth-order valence-electron chi connectivity index (χ4n) is 4.50. The molecule has 7 nitrogen and oxygen atoms in total. The van der Waals surface area contributed by atoms with Gasteiger partial charge in [-0.15, -0.1) is 0 Å². The van der Waals surface area contributed by atoms with Crippen molar-refractivity contribution < 1.29 is 14.3 Å². The number of nitrogens with one attached hydrogen (secondary N) is 1. The van der Waals surface area contributed by atoms with Crippen molar-refractivity contribution in [2.24, 2.45) is 0 Å². The molecule has 0 bridgehead atoms. The van der Waals surface area contributed by atoms with Gasteiger partial charge in [-0.05, 0) is 32.6 Å². The minimum absolute atomic E-state index is 0.0461. The van der Waals surface area contributed by atoms with Crippen LogP contribution in [0.15, 0.2) is 12.3 Å². The van der Waals surface area contributed by atoms with E-state index in [1.165, 1.54) is 12.8 Å². The van der Waals surface area contributed by atoms with Gasteiger partial charge in [0, 0.05) is 25.8 Å². The van der Waals surface area contributed by atoms with Crippen molar-refractivity contribution in [1.29, 1.82) is 0 Å². The first-order valence-corrected chi connectivity index (χ1v) is 9.50. The van der Waals surface area contributed by atoms with Gasteiger partial charge < -0.3 is 14.4 Å². The molecule has 138 valence electrons. The number of nitrogens with zero attached hydrogens (tertiary/aromatic N) is 3. The molecule has 1 N–H and O–H groups in total. The highest BCUT2D eigenvalue weighted by Crippen LogP contribution is 2.37. The Balaban J connectivity index is 1.44. The average molecular weight is 348 g/mol. The van der Waals surface area contributed by atoms with Crippen molar-refractivity contribution in [3.05, 3.63) is 12.3 Å². The predicted octanol–water partition coefficient (Wildman–Crippen LogP) is 2.80. The first kappa shape index (κ1) is 16.8. The lowest BCUT2D eigenvalue weighted by Crippen LogP contribution is -2.56. The number of hydrogen-bond acceptors (Lipinski definition) is 4. The topological polar surface area (TPSA) is 68.6 Å². The Morgan fingerprint density at radius 1 is 1.32 bits per heavy atom. The van der Waals surface area contributed by atoms with Crippen molar-refractivity contribution in [3.8, 4) is 0 Å². The summed E-state index contributed by atoms with van der Waals surface area (Å²) >= 11 is 0. The molecule has 2 aliphatic heterocycles. The summed E-state index contributed by atoms with van der Waals surface area (Å²) in [6.07, 6.45) is 8.20. The molecule has 1 aromatic heterocycles. The summed E-state index contributed by atoms with van der Waals surface area (Å²) in [6, 6.07) is 2.13. The van der Waals surface area contributed by atoms with Gasteiger partial charge in [-0.1, -0.05) is 12.8 Å². The number of morpholine rings is 1. The second-order valence-electron chi connectivity index (χ2n) is 7.63. The first-order valence-electron chi connectivity index (χ1n) is 9.50. The van der Waals surface area contributed by atoms with Crippen LogP contribution in [0.25, 0.3) is 0 Å². The highest BCUT2D eigenvalue weighted by Gasteiger charge is 2.43. The summed E-state index contributed by atoms with van der Waals surface area (Å²) in [5.41, 5.74) is -0.129. The molecule has 4 rings (SSSR count). The van der Waals surface area contributed by atoms with Crippen LogP contribution in [0.1, 0.15) is 51.5 Å². The summed E-state index contributed by atoms with van der Waals surface area (Å²) in [5.74, 6) is 0.775. The van der Waals surface area contributed by atoms with Gasteiger partial charge in [-0.2, -0.15) is 5.10 Å². The van der Waals surface area contributed by atoms with E-state index >= 15 is 0 Å². The molecular weight excluding hydrogens is 320 g/mol. The van der Waals surface area contributed by atoms with Gasteiger partial charge in [0.2, 0.25) is 0 Å². The Kier molecular flexibility index (Phi) is 4.69. The maximum absolute atomic E-state index is 12.9. The monoisotopic (exact) mass is 348 g/mol. The zero-order chi connectivity index (χ0) is 17.3. The quantitative estimate of drug-likeness (QED) is 0.892. The summed E-state index contributed by atoms with van der Waals surface area (Å²) in [5, 5.41) is 7.50. The van der Waals surface area contributed by atoms with Crippen molar-refractivity contribution >= 4 is 11.8 Å². The Hall–Kier alpha value is -1.60. The first-order chi connectivity index (χ1) is 12.2. The third-order valence-corrected chi connectivity index (χ3v) is 5.65. The number of hydrogen-bond donors (Lipinski definition) is 1. The Morgan fingerprint density at radius 2 is 2.08 bits per heavy atom. The van der Waals surface area contributed by atoms with Crippen LogP contribution >= 0.6 is 0 Å². The second-order valence-corrected chi connectivity index (χ2v) is 7.63. The molecule has 1 saturated carbocycles. The fraction of sp³-hybridized carbons (Fsp3) is 0.778. The lowest BCUT2D eigenvalue weighted by atomic mass is 9.98. The molecule has 0 radical (unpaired) electrons. The summed E-state index contributed by atoms with van der Waals surface area (Å²) in [7, 11) is 0. The summed E-state index contributed by atoms with van der Waals surface area (Å²) < 4.78 is 13.6. The molecule has 7 heteroatoms. The van der Waals surface area contributed by atoms with E-state index in [-0.39, 0.29) is 17.7 Å². The fourth-order valence-corrected chi connectivity index (χ4v) is 4.50. The number of rotatable bonds is 2. The van der Waals surface area contributed by atoms with Gasteiger partial charge in [0.25, 0.3) is 0 Å². The third kappa shape index (κ3) is 3.53. The molecule has 2 saturated heterocycles. The number of ether oxygens (including phenoxy) is 2. The summed E-state index contributed by atoms with van der Waals surface area (Å²) in [4.78, 5) is 14.8. The van der Waals surface area contributed by atoms with Crippen LogP contribution in [0.3, 0.4) is 0 Å². The Bertz CT molecular complexity index is 605. The molecule has 2 amide bonds. The molecule has 1 unspecified atom stereocenters. The normalized spacial score (nSPS) is 26.9. The molecule has 3 aliphatic rings. The van der Waals surface area contributed by atoms with Gasteiger partial charge in [0.1, 0.15) is 5.82 Å². The van der Waals surface area contributed by atoms with Crippen LogP contribution in [-0.2, 0) is 9.47 Å². The van der Waals surface area contributed by atoms with E-state index < -0.39 is 0 Å². The Morgan fingerprint density at radius 3 is 2.84 bits per heavy atom. The van der Waals surface area contributed by atoms with Crippen molar-refractivity contribution in [2.45, 2.75) is 63.2 Å². The summed E-state index contributed by atoms with van der Waals surface area (Å²) in [6.45, 7) is 4.89. The van der Waals surface area contributed by atoms with Crippen molar-refractivity contribution in [1.82, 2.24) is 14.7 Å². The van der Waals surface area contributed by atoms with Gasteiger partial charge in [0.05, 0.1) is 30.5 Å². The molecule has 1 aliphatic carbocycles. The molecule has 25 heavy (non-hydrogen) atoms. The molecule has 1 atom stereocenters. The molecule has 3 heterocycles. The van der Waals surface area contributed by atoms with E-state index in [0.717, 1.165) is 44.7 Å². The zero-order valence-electron chi connectivity index (χ0n) is 14.9. The van der Waals surface area contributed by atoms with E-state index in [4.69, 9.17) is 9.47 Å². The average Bonchev–Trinajstić information content (AvgIpc) is 3.25. The van der Waals surface area contributed by atoms with Gasteiger partial charge in [-0.3, -0.25) is 5.32 Å². The van der Waals surface area contributed by atoms with Crippen LogP contribution in [0.4, 0.5) is 10.6 Å². The number of carbonyl (C=O) groups is 1. The molecular formula is C18H28N4O3. The highest BCUT2D eigenvalue weighted by molar-refractivity contribution is 5.88. The molecule has 3 fully saturated rings.